The lowest BCUT2D eigenvalue weighted by Crippen LogP contribution is -1.99. The molecule has 146 valence electrons. The molecule has 2 aromatic heterocycles. The Hall–Kier alpha value is -2.76. The number of fused-ring (bicyclic) bond motifs is 1. The van der Waals surface area contributed by atoms with E-state index >= 15 is 0 Å². The first-order chi connectivity index (χ1) is 13.9. The van der Waals surface area contributed by atoms with Crippen molar-refractivity contribution in [1.82, 2.24) is 9.55 Å². The lowest BCUT2D eigenvalue weighted by molar-refractivity contribution is -0.136. The van der Waals surface area contributed by atoms with Gasteiger partial charge in [0.1, 0.15) is 5.15 Å². The van der Waals surface area contributed by atoms with Gasteiger partial charge in [0, 0.05) is 21.4 Å². The molecule has 0 bridgehead atoms. The molecular weight excluding hydrogens is 404 g/mol. The van der Waals surface area contributed by atoms with Gasteiger partial charge in [-0.3, -0.25) is 4.79 Å². The average molecular weight is 423 g/mol. The number of carboxylic acid groups (broad SMARTS) is 1. The topological polar surface area (TPSA) is 55.1 Å². The van der Waals surface area contributed by atoms with Crippen molar-refractivity contribution in [3.05, 3.63) is 82.8 Å². The highest BCUT2D eigenvalue weighted by atomic mass is 35.5. The molecule has 1 N–H and O–H groups in total. The number of para-hydroxylation sites is 1. The third kappa shape index (κ3) is 4.02. The molecule has 0 aliphatic heterocycles. The number of rotatable bonds is 5. The first-order valence-corrected chi connectivity index (χ1v) is 10.3. The second-order valence-corrected chi connectivity index (χ2v) is 8.37. The molecule has 4 nitrogen and oxygen atoms in total. The number of hydrogen-bond donors (Lipinski definition) is 1. The van der Waals surface area contributed by atoms with Crippen molar-refractivity contribution in [3.8, 4) is 5.69 Å². The van der Waals surface area contributed by atoms with Gasteiger partial charge < -0.3 is 9.67 Å². The van der Waals surface area contributed by atoms with Crippen LogP contribution < -0.4 is 0 Å². The Morgan fingerprint density at radius 2 is 1.93 bits per heavy atom. The zero-order valence-corrected chi connectivity index (χ0v) is 17.6. The summed E-state index contributed by atoms with van der Waals surface area (Å²) in [4.78, 5) is 17.6. The first kappa shape index (κ1) is 19.6. The Labute approximate surface area is 178 Å². The van der Waals surface area contributed by atoms with E-state index in [9.17, 15) is 4.79 Å². The number of aliphatic carboxylic acids is 1. The molecule has 0 aliphatic rings. The molecule has 4 rings (SSSR count). The van der Waals surface area contributed by atoms with Gasteiger partial charge in [-0.15, -0.1) is 0 Å². The van der Waals surface area contributed by atoms with Gasteiger partial charge in [0.2, 0.25) is 0 Å². The smallest absolute Gasteiger partial charge is 0.307 e. The van der Waals surface area contributed by atoms with E-state index in [1.165, 1.54) is 0 Å². The highest BCUT2D eigenvalue weighted by Crippen LogP contribution is 2.37. The van der Waals surface area contributed by atoms with E-state index in [1.54, 1.807) is 11.8 Å². The van der Waals surface area contributed by atoms with Crippen LogP contribution in [0.1, 0.15) is 16.8 Å². The van der Waals surface area contributed by atoms with Crippen molar-refractivity contribution in [2.24, 2.45) is 0 Å². The van der Waals surface area contributed by atoms with Crippen LogP contribution in [-0.2, 0) is 11.2 Å². The number of nitrogens with zero attached hydrogens (tertiary/aromatic N) is 2. The third-order valence-corrected chi connectivity index (χ3v) is 6.15. The van der Waals surface area contributed by atoms with Gasteiger partial charge in [-0.25, -0.2) is 4.98 Å². The second kappa shape index (κ2) is 7.93. The van der Waals surface area contributed by atoms with Crippen LogP contribution in [0.25, 0.3) is 16.6 Å². The van der Waals surface area contributed by atoms with Crippen LogP contribution in [0.2, 0.25) is 5.15 Å². The van der Waals surface area contributed by atoms with Crippen LogP contribution in [0.4, 0.5) is 0 Å². The van der Waals surface area contributed by atoms with Gasteiger partial charge in [-0.2, -0.15) is 0 Å². The quantitative estimate of drug-likeness (QED) is 0.396. The highest BCUT2D eigenvalue weighted by molar-refractivity contribution is 7.99. The van der Waals surface area contributed by atoms with Gasteiger partial charge in [0.05, 0.1) is 23.3 Å². The van der Waals surface area contributed by atoms with Gasteiger partial charge >= 0.3 is 5.97 Å². The molecule has 0 unspecified atom stereocenters. The van der Waals surface area contributed by atoms with Gasteiger partial charge in [-0.1, -0.05) is 53.7 Å². The fourth-order valence-corrected chi connectivity index (χ4v) is 4.59. The Kier molecular flexibility index (Phi) is 5.35. The summed E-state index contributed by atoms with van der Waals surface area (Å²) in [6.07, 6.45) is 2.13. The maximum Gasteiger partial charge on any atom is 0.307 e. The number of hydrogen-bond acceptors (Lipinski definition) is 3. The zero-order chi connectivity index (χ0) is 20.5. The van der Waals surface area contributed by atoms with Gasteiger partial charge in [0.15, 0.2) is 0 Å². The molecule has 0 fully saturated rings. The summed E-state index contributed by atoms with van der Waals surface area (Å²) in [5, 5.41) is 10.7. The molecule has 2 aromatic carbocycles. The van der Waals surface area contributed by atoms with Crippen molar-refractivity contribution >= 4 is 40.2 Å². The van der Waals surface area contributed by atoms with Crippen LogP contribution in [0.5, 0.6) is 0 Å². The van der Waals surface area contributed by atoms with Crippen molar-refractivity contribution in [2.45, 2.75) is 30.1 Å². The number of pyridine rings is 1. The summed E-state index contributed by atoms with van der Waals surface area (Å²) < 4.78 is 2.14. The molecular formula is C23H19ClN2O2S. The van der Waals surface area contributed by atoms with Gasteiger partial charge in [0.25, 0.3) is 0 Å². The SMILES string of the molecule is Cc1cc(-n2cc(Sc3cccc(CC(=O)O)c3)c3ccccc32)c(C)nc1Cl. The summed E-state index contributed by atoms with van der Waals surface area (Å²) >= 11 is 7.82. The Bertz CT molecular complexity index is 1230. The standard InChI is InChI=1S/C23H19ClN2O2S/c1-14-10-20(15(2)25-23(14)24)26-13-21(18-8-3-4-9-19(18)26)29-17-7-5-6-16(11-17)12-22(27)28/h3-11,13H,12H2,1-2H3,(H,27,28). The summed E-state index contributed by atoms with van der Waals surface area (Å²) in [5.74, 6) is -0.829. The zero-order valence-electron chi connectivity index (χ0n) is 16.0. The Morgan fingerprint density at radius 3 is 2.72 bits per heavy atom. The van der Waals surface area contributed by atoms with E-state index in [0.717, 1.165) is 43.2 Å². The highest BCUT2D eigenvalue weighted by Gasteiger charge is 2.14. The fraction of sp³-hybridized carbons (Fsp3) is 0.130. The molecule has 4 aromatic rings. The minimum absolute atomic E-state index is 0.0189. The van der Waals surface area contributed by atoms with E-state index in [0.29, 0.717) is 5.15 Å². The van der Waals surface area contributed by atoms with E-state index < -0.39 is 5.97 Å². The predicted molar refractivity (Wildman–Crippen MR) is 117 cm³/mol. The van der Waals surface area contributed by atoms with Crippen LogP contribution in [0.15, 0.2) is 70.6 Å². The summed E-state index contributed by atoms with van der Waals surface area (Å²) in [7, 11) is 0. The Morgan fingerprint density at radius 1 is 1.14 bits per heavy atom. The number of benzene rings is 2. The minimum atomic E-state index is -0.829. The van der Waals surface area contributed by atoms with Crippen LogP contribution in [-0.4, -0.2) is 20.6 Å². The van der Waals surface area contributed by atoms with E-state index in [4.69, 9.17) is 16.7 Å². The Balaban J connectivity index is 1.80. The van der Waals surface area contributed by atoms with E-state index in [1.807, 2.05) is 50.2 Å². The number of carboxylic acids is 1. The van der Waals surface area contributed by atoms with E-state index in [2.05, 4.69) is 33.9 Å². The molecule has 0 saturated heterocycles. The molecule has 0 amide bonds. The largest absolute Gasteiger partial charge is 0.481 e. The molecule has 0 saturated carbocycles. The molecule has 2 heterocycles. The normalized spacial score (nSPS) is 11.1. The summed E-state index contributed by atoms with van der Waals surface area (Å²) in [6.45, 7) is 3.91. The van der Waals surface area contributed by atoms with Gasteiger partial charge in [-0.05, 0) is 49.2 Å². The lowest BCUT2D eigenvalue weighted by Gasteiger charge is -2.10. The number of halogens is 1. The molecule has 6 heteroatoms. The monoisotopic (exact) mass is 422 g/mol. The maximum atomic E-state index is 11.0. The molecule has 29 heavy (non-hydrogen) atoms. The third-order valence-electron chi connectivity index (χ3n) is 4.73. The second-order valence-electron chi connectivity index (χ2n) is 6.90. The van der Waals surface area contributed by atoms with Crippen molar-refractivity contribution in [2.75, 3.05) is 0 Å². The van der Waals surface area contributed by atoms with Crippen LogP contribution in [0, 0.1) is 13.8 Å². The minimum Gasteiger partial charge on any atom is -0.481 e. The lowest BCUT2D eigenvalue weighted by atomic mass is 10.2. The first-order valence-electron chi connectivity index (χ1n) is 9.15. The molecule has 0 radical (unpaired) electrons. The summed E-state index contributed by atoms with van der Waals surface area (Å²) in [6, 6.07) is 18.0. The predicted octanol–water partition coefficient (Wildman–Crippen LogP) is 6.07. The number of aryl methyl sites for hydroxylation is 2. The van der Waals surface area contributed by atoms with E-state index in [-0.39, 0.29) is 6.42 Å². The molecule has 0 spiro atoms. The van der Waals surface area contributed by atoms with Crippen LogP contribution >= 0.6 is 23.4 Å². The van der Waals surface area contributed by atoms with Crippen molar-refractivity contribution < 1.29 is 9.90 Å². The average Bonchev–Trinajstić information content (AvgIpc) is 3.03. The van der Waals surface area contributed by atoms with Crippen molar-refractivity contribution in [1.29, 1.82) is 0 Å². The van der Waals surface area contributed by atoms with Crippen molar-refractivity contribution in [3.63, 3.8) is 0 Å². The summed E-state index contributed by atoms with van der Waals surface area (Å²) in [5.41, 5.74) is 4.67. The van der Waals surface area contributed by atoms with Crippen LogP contribution in [0.3, 0.4) is 0 Å². The number of carbonyl (C=O) groups is 1. The maximum absolute atomic E-state index is 11.0. The number of aromatic nitrogens is 2. The fourth-order valence-electron chi connectivity index (χ4n) is 3.36. The molecule has 0 aliphatic carbocycles. The molecule has 0 atom stereocenters.